The van der Waals surface area contributed by atoms with Gasteiger partial charge in [-0.2, -0.15) is 0 Å². The van der Waals surface area contributed by atoms with E-state index >= 15 is 0 Å². The molecule has 6 heteroatoms. The quantitative estimate of drug-likeness (QED) is 0.485. The van der Waals surface area contributed by atoms with Crippen LogP contribution in [0.3, 0.4) is 0 Å². The van der Waals surface area contributed by atoms with Gasteiger partial charge in [0, 0.05) is 48.8 Å². The lowest BCUT2D eigenvalue weighted by molar-refractivity contribution is -0.134. The maximum Gasteiger partial charge on any atom is 0.253 e. The molecule has 2 heterocycles. The average Bonchev–Trinajstić information content (AvgIpc) is 3.31. The van der Waals surface area contributed by atoms with Crippen molar-refractivity contribution in [3.05, 3.63) is 96.2 Å². The third-order valence-electron chi connectivity index (χ3n) is 6.55. The molecular weight excluding hydrogens is 424 g/mol. The van der Waals surface area contributed by atoms with Crippen molar-refractivity contribution >= 4 is 22.7 Å². The van der Waals surface area contributed by atoms with Crippen LogP contribution in [0, 0.1) is 0 Å². The van der Waals surface area contributed by atoms with Gasteiger partial charge in [-0.05, 0) is 41.3 Å². The lowest BCUT2D eigenvalue weighted by atomic mass is 10.0. The van der Waals surface area contributed by atoms with E-state index in [1.54, 1.807) is 4.90 Å². The Bertz CT molecular complexity index is 1290. The Morgan fingerprint density at radius 1 is 0.794 bits per heavy atom. The summed E-state index contributed by atoms with van der Waals surface area (Å²) in [6.07, 6.45) is 2.41. The first-order chi connectivity index (χ1) is 16.6. The van der Waals surface area contributed by atoms with Crippen LogP contribution in [0.15, 0.2) is 85.1 Å². The minimum Gasteiger partial charge on any atom is -0.361 e. The van der Waals surface area contributed by atoms with Crippen molar-refractivity contribution in [2.24, 2.45) is 5.73 Å². The normalized spacial score (nSPS) is 14.9. The first kappa shape index (κ1) is 21.9. The van der Waals surface area contributed by atoms with Crippen molar-refractivity contribution < 1.29 is 9.59 Å². The first-order valence-corrected chi connectivity index (χ1v) is 11.6. The number of nitrogens with two attached hydrogens (primary N) is 1. The van der Waals surface area contributed by atoms with Crippen LogP contribution in [-0.4, -0.2) is 58.8 Å². The number of fused-ring (bicyclic) bond motifs is 1. The van der Waals surface area contributed by atoms with Crippen LogP contribution in [0.4, 0.5) is 0 Å². The van der Waals surface area contributed by atoms with E-state index in [1.165, 1.54) is 0 Å². The van der Waals surface area contributed by atoms with Gasteiger partial charge in [0.05, 0.1) is 6.04 Å². The van der Waals surface area contributed by atoms with Crippen molar-refractivity contribution in [1.29, 1.82) is 0 Å². The summed E-state index contributed by atoms with van der Waals surface area (Å²) in [5.41, 5.74) is 11.2. The summed E-state index contributed by atoms with van der Waals surface area (Å²) in [6.45, 7) is 2.00. The molecule has 1 fully saturated rings. The van der Waals surface area contributed by atoms with Gasteiger partial charge in [-0.3, -0.25) is 9.59 Å². The molecule has 1 aromatic heterocycles. The predicted octanol–water partition coefficient (Wildman–Crippen LogP) is 3.69. The van der Waals surface area contributed by atoms with E-state index in [-0.39, 0.29) is 11.8 Å². The highest BCUT2D eigenvalue weighted by Crippen LogP contribution is 2.21. The number of nitrogens with one attached hydrogen (secondary N) is 1. The number of aromatic amines is 1. The van der Waals surface area contributed by atoms with Crippen molar-refractivity contribution in [3.8, 4) is 11.1 Å². The molecule has 6 nitrogen and oxygen atoms in total. The maximum absolute atomic E-state index is 13.0. The van der Waals surface area contributed by atoms with Gasteiger partial charge in [0.1, 0.15) is 0 Å². The van der Waals surface area contributed by atoms with Crippen LogP contribution >= 0.6 is 0 Å². The number of nitrogens with zero attached hydrogens (tertiary/aromatic N) is 2. The highest BCUT2D eigenvalue weighted by Gasteiger charge is 2.28. The summed E-state index contributed by atoms with van der Waals surface area (Å²) in [5, 5.41) is 1.10. The zero-order valence-electron chi connectivity index (χ0n) is 19.0. The number of hydrogen-bond donors (Lipinski definition) is 2. The summed E-state index contributed by atoms with van der Waals surface area (Å²) in [4.78, 5) is 32.8. The molecule has 0 saturated carbocycles. The molecule has 0 radical (unpaired) electrons. The van der Waals surface area contributed by atoms with Gasteiger partial charge >= 0.3 is 0 Å². The number of amides is 2. The third-order valence-corrected chi connectivity index (χ3v) is 6.55. The van der Waals surface area contributed by atoms with Gasteiger partial charge in [0.15, 0.2) is 0 Å². The molecule has 1 aliphatic heterocycles. The zero-order chi connectivity index (χ0) is 23.5. The number of piperazine rings is 1. The van der Waals surface area contributed by atoms with Gasteiger partial charge in [0.25, 0.3) is 5.91 Å². The number of para-hydroxylation sites is 1. The Labute approximate surface area is 199 Å². The molecule has 1 aliphatic rings. The van der Waals surface area contributed by atoms with Gasteiger partial charge in [0.2, 0.25) is 5.91 Å². The fourth-order valence-corrected chi connectivity index (χ4v) is 4.61. The molecule has 4 aromatic rings. The smallest absolute Gasteiger partial charge is 0.253 e. The van der Waals surface area contributed by atoms with Gasteiger partial charge in [-0.15, -0.1) is 0 Å². The van der Waals surface area contributed by atoms with Crippen LogP contribution < -0.4 is 5.73 Å². The summed E-state index contributed by atoms with van der Waals surface area (Å²) in [7, 11) is 0. The van der Waals surface area contributed by atoms with Crippen LogP contribution in [0.1, 0.15) is 15.9 Å². The first-order valence-electron chi connectivity index (χ1n) is 11.6. The number of rotatable bonds is 5. The van der Waals surface area contributed by atoms with Crippen LogP contribution in [-0.2, 0) is 11.2 Å². The molecule has 172 valence electrons. The third kappa shape index (κ3) is 4.45. The molecule has 34 heavy (non-hydrogen) atoms. The van der Waals surface area contributed by atoms with Crippen molar-refractivity contribution in [2.45, 2.75) is 12.5 Å². The second-order valence-corrected chi connectivity index (χ2v) is 8.73. The van der Waals surface area contributed by atoms with E-state index in [0.29, 0.717) is 38.2 Å². The molecule has 3 N–H and O–H groups in total. The summed E-state index contributed by atoms with van der Waals surface area (Å²) in [6, 6.07) is 25.2. The second kappa shape index (κ2) is 9.53. The Hall–Kier alpha value is -3.90. The molecule has 1 unspecified atom stereocenters. The number of benzene rings is 3. The highest BCUT2D eigenvalue weighted by molar-refractivity contribution is 5.95. The monoisotopic (exact) mass is 452 g/mol. The fourth-order valence-electron chi connectivity index (χ4n) is 4.61. The lowest BCUT2D eigenvalue weighted by Gasteiger charge is -2.36. The highest BCUT2D eigenvalue weighted by atomic mass is 16.2. The van der Waals surface area contributed by atoms with Gasteiger partial charge < -0.3 is 20.5 Å². The molecule has 0 aliphatic carbocycles. The molecule has 1 atom stereocenters. The lowest BCUT2D eigenvalue weighted by Crippen LogP contribution is -2.54. The van der Waals surface area contributed by atoms with E-state index in [2.05, 4.69) is 17.1 Å². The van der Waals surface area contributed by atoms with Crippen LogP contribution in [0.2, 0.25) is 0 Å². The Kier molecular flexibility index (Phi) is 6.14. The van der Waals surface area contributed by atoms with Crippen molar-refractivity contribution in [3.63, 3.8) is 0 Å². The summed E-state index contributed by atoms with van der Waals surface area (Å²) < 4.78 is 0. The number of carbonyl (C=O) groups excluding carboxylic acids is 2. The predicted molar refractivity (Wildman–Crippen MR) is 134 cm³/mol. The number of H-pyrrole nitrogens is 1. The van der Waals surface area contributed by atoms with E-state index in [0.717, 1.165) is 27.6 Å². The number of aromatic nitrogens is 1. The topological polar surface area (TPSA) is 82.4 Å². The summed E-state index contributed by atoms with van der Waals surface area (Å²) in [5.74, 6) is -0.0700. The van der Waals surface area contributed by atoms with E-state index < -0.39 is 6.04 Å². The van der Waals surface area contributed by atoms with Gasteiger partial charge in [-0.1, -0.05) is 60.7 Å². The standard InChI is InChI=1S/C28H28N4O2/c29-25(18-23-19-30-26-9-5-4-8-24(23)26)28(34)32-16-14-31(15-17-32)27(33)22-12-10-21(11-13-22)20-6-2-1-3-7-20/h1-13,19,25,30H,14-18,29H2. The number of hydrogen-bond acceptors (Lipinski definition) is 3. The van der Waals surface area contributed by atoms with Crippen molar-refractivity contribution in [1.82, 2.24) is 14.8 Å². The van der Waals surface area contributed by atoms with E-state index in [4.69, 9.17) is 5.73 Å². The van der Waals surface area contributed by atoms with Crippen molar-refractivity contribution in [2.75, 3.05) is 26.2 Å². The van der Waals surface area contributed by atoms with Gasteiger partial charge in [-0.25, -0.2) is 0 Å². The largest absolute Gasteiger partial charge is 0.361 e. The minimum atomic E-state index is -0.605. The molecular formula is C28H28N4O2. The maximum atomic E-state index is 13.0. The Morgan fingerprint density at radius 2 is 1.41 bits per heavy atom. The van der Waals surface area contributed by atoms with E-state index in [1.807, 2.05) is 77.8 Å². The Balaban J connectivity index is 1.17. The molecule has 5 rings (SSSR count). The average molecular weight is 453 g/mol. The second-order valence-electron chi connectivity index (χ2n) is 8.73. The Morgan fingerprint density at radius 3 is 2.15 bits per heavy atom. The van der Waals surface area contributed by atoms with E-state index in [9.17, 15) is 9.59 Å². The molecule has 1 saturated heterocycles. The molecule has 3 aromatic carbocycles. The minimum absolute atomic E-state index is 0.00481. The SMILES string of the molecule is NC(Cc1c[nH]c2ccccc12)C(=O)N1CCN(C(=O)c2ccc(-c3ccccc3)cc2)CC1. The molecule has 2 amide bonds. The molecule has 0 spiro atoms. The summed E-state index contributed by atoms with van der Waals surface area (Å²) >= 11 is 0. The van der Waals surface area contributed by atoms with Crippen LogP contribution in [0.5, 0.6) is 0 Å². The van der Waals surface area contributed by atoms with Crippen LogP contribution in [0.25, 0.3) is 22.0 Å². The fraction of sp³-hybridized carbons (Fsp3) is 0.214. The molecule has 0 bridgehead atoms. The number of carbonyl (C=O) groups is 2. The zero-order valence-corrected chi connectivity index (χ0v) is 19.0.